The van der Waals surface area contributed by atoms with Crippen LogP contribution in [-0.2, 0) is 31.9 Å². The van der Waals surface area contributed by atoms with Gasteiger partial charge in [-0.1, -0.05) is 202 Å². The number of aryl methyl sites for hydroxylation is 1. The van der Waals surface area contributed by atoms with Crippen LogP contribution in [0.1, 0.15) is 155 Å². The van der Waals surface area contributed by atoms with Gasteiger partial charge < -0.3 is 19.4 Å². The molecule has 9 aromatic rings. The van der Waals surface area contributed by atoms with Gasteiger partial charge in [0.1, 0.15) is 5.82 Å². The smallest absolute Gasteiger partial charge is 0.363 e. The molecule has 1 atom stereocenters. The Morgan fingerprint density at radius 3 is 1.92 bits per heavy atom. The van der Waals surface area contributed by atoms with Crippen LogP contribution in [0, 0.1) is 19.1 Å². The minimum Gasteiger partial charge on any atom is -0.363 e. The van der Waals surface area contributed by atoms with Gasteiger partial charge >= 0.3 is 21.1 Å². The van der Waals surface area contributed by atoms with E-state index in [2.05, 4.69) is 261 Å². The number of anilines is 4. The second-order valence-corrected chi connectivity index (χ2v) is 23.2. The summed E-state index contributed by atoms with van der Waals surface area (Å²) in [6.45, 7) is 28.4. The van der Waals surface area contributed by atoms with Crippen molar-refractivity contribution < 1.29 is 21.1 Å². The fraction of sp³-hybridized carbons (Fsp3) is 0.294. The first kappa shape index (κ1) is 51.0. The van der Waals surface area contributed by atoms with Gasteiger partial charge in [0.15, 0.2) is 0 Å². The minimum absolute atomic E-state index is 0. The predicted molar refractivity (Wildman–Crippen MR) is 308 cm³/mol. The van der Waals surface area contributed by atoms with Crippen LogP contribution in [0.15, 0.2) is 163 Å². The average molecular weight is 1150 g/mol. The van der Waals surface area contributed by atoms with E-state index >= 15 is 0 Å². The third kappa shape index (κ3) is 8.83. The summed E-state index contributed by atoms with van der Waals surface area (Å²) in [5.74, 6) is 2.73. The van der Waals surface area contributed by atoms with Crippen molar-refractivity contribution in [2.45, 2.75) is 124 Å². The Labute approximate surface area is 454 Å². The Morgan fingerprint density at radius 2 is 1.28 bits per heavy atom. The molecule has 0 radical (unpaired) electrons. The van der Waals surface area contributed by atoms with E-state index in [1.807, 2.05) is 6.20 Å². The summed E-state index contributed by atoms with van der Waals surface area (Å²) < 4.78 is 2.34. The molecule has 74 heavy (non-hydrogen) atoms. The number of rotatable bonds is 10. The summed E-state index contributed by atoms with van der Waals surface area (Å²) in [6, 6.07) is 64.6. The molecule has 5 nitrogen and oxygen atoms in total. The van der Waals surface area contributed by atoms with E-state index in [4.69, 9.17) is 9.98 Å². The maximum atomic E-state index is 5.98. The monoisotopic (exact) mass is 1150 g/mol. The number of pyridine rings is 1. The van der Waals surface area contributed by atoms with Gasteiger partial charge in [-0.2, -0.15) is 6.07 Å². The molecule has 0 bridgehead atoms. The van der Waals surface area contributed by atoms with Crippen molar-refractivity contribution in [2.24, 2.45) is 4.99 Å². The molecule has 0 saturated carbocycles. The van der Waals surface area contributed by atoms with E-state index in [1.165, 1.54) is 66.5 Å². The molecular formula is C68H69N5Pt. The van der Waals surface area contributed by atoms with Crippen molar-refractivity contribution in [3.63, 3.8) is 0 Å². The number of aliphatic imine (C=N–C) groups is 1. The fourth-order valence-electron chi connectivity index (χ4n) is 11.8. The van der Waals surface area contributed by atoms with Crippen molar-refractivity contribution in [1.29, 1.82) is 0 Å². The second kappa shape index (κ2) is 19.6. The summed E-state index contributed by atoms with van der Waals surface area (Å²) in [6.07, 6.45) is 1.96. The molecule has 0 amide bonds. The number of hydrogen-bond donors (Lipinski definition) is 0. The van der Waals surface area contributed by atoms with Gasteiger partial charge in [-0.3, -0.25) is 0 Å². The zero-order valence-corrected chi connectivity index (χ0v) is 47.4. The van der Waals surface area contributed by atoms with E-state index in [9.17, 15) is 0 Å². The number of fused-ring (bicyclic) bond motifs is 5. The van der Waals surface area contributed by atoms with Gasteiger partial charge in [0, 0.05) is 35.6 Å². The Morgan fingerprint density at radius 1 is 0.635 bits per heavy atom. The largest absolute Gasteiger partial charge is 2.00 e. The van der Waals surface area contributed by atoms with E-state index in [-0.39, 0.29) is 49.8 Å². The number of hydrogen-bond acceptors (Lipinski definition) is 4. The van der Waals surface area contributed by atoms with Crippen LogP contribution in [0.4, 0.5) is 22.7 Å². The van der Waals surface area contributed by atoms with Crippen molar-refractivity contribution in [3.05, 3.63) is 226 Å². The first-order valence-corrected chi connectivity index (χ1v) is 26.5. The number of benzene rings is 7. The quantitative estimate of drug-likeness (QED) is 0.128. The number of amidine groups is 1. The maximum Gasteiger partial charge on any atom is 2.00 e. The minimum atomic E-state index is -0.342. The third-order valence-electron chi connectivity index (χ3n) is 15.8. The second-order valence-electron chi connectivity index (χ2n) is 23.2. The molecule has 0 unspecified atom stereocenters. The van der Waals surface area contributed by atoms with E-state index in [0.29, 0.717) is 11.8 Å². The van der Waals surface area contributed by atoms with Crippen LogP contribution >= 0.6 is 0 Å². The molecule has 0 fully saturated rings. The van der Waals surface area contributed by atoms with E-state index < -0.39 is 0 Å². The predicted octanol–water partition coefficient (Wildman–Crippen LogP) is 17.3. The van der Waals surface area contributed by atoms with Gasteiger partial charge in [0.2, 0.25) is 0 Å². The van der Waals surface area contributed by atoms with Crippen LogP contribution < -0.4 is 9.80 Å². The third-order valence-corrected chi connectivity index (χ3v) is 15.8. The molecular weight excluding hydrogens is 1080 g/mol. The number of nitrogens with zero attached hydrogens (tertiary/aromatic N) is 5. The number of aromatic nitrogens is 2. The Bertz CT molecular complexity index is 3510. The zero-order chi connectivity index (χ0) is 51.1. The average Bonchev–Trinajstić information content (AvgIpc) is 3.97. The first-order chi connectivity index (χ1) is 35.0. The molecule has 0 saturated heterocycles. The van der Waals surface area contributed by atoms with Gasteiger partial charge in [-0.15, -0.1) is 46.3 Å². The van der Waals surface area contributed by atoms with E-state index in [0.717, 1.165) is 51.9 Å². The molecule has 2 aliphatic rings. The summed E-state index contributed by atoms with van der Waals surface area (Å²) in [5.41, 5.74) is 18.5. The fourth-order valence-corrected chi connectivity index (χ4v) is 11.8. The zero-order valence-electron chi connectivity index (χ0n) is 45.2. The molecule has 0 N–H and O–H groups in total. The normalized spacial score (nSPS) is 15.4. The van der Waals surface area contributed by atoms with Crippen molar-refractivity contribution >= 4 is 50.4 Å². The molecule has 0 aliphatic carbocycles. The van der Waals surface area contributed by atoms with Crippen molar-refractivity contribution in [3.8, 4) is 5.82 Å². The first-order valence-electron chi connectivity index (χ1n) is 26.5. The van der Waals surface area contributed by atoms with Crippen molar-refractivity contribution in [2.75, 3.05) is 16.3 Å². The van der Waals surface area contributed by atoms with Crippen LogP contribution in [0.3, 0.4) is 0 Å². The van der Waals surface area contributed by atoms with Gasteiger partial charge in [-0.05, 0) is 104 Å². The number of para-hydroxylation sites is 2. The van der Waals surface area contributed by atoms with E-state index in [1.54, 1.807) is 0 Å². The van der Waals surface area contributed by atoms with Gasteiger partial charge in [-0.25, -0.2) is 4.98 Å². The SMILES string of the molecule is Cc1ccc2c(c1)c1cc3c([c-]c1n2-c1cc(C(C)(C)C)ccn1)N(c1[c-]c(C2=N[C@H](C(c4ccccc4)c4ccccc4)CN2c2c(C(C)C)cccc2C(C)C)cc(C(C)C)c1)c1ccccc1C3(C)C.[Pt+2]. The standard InChI is InChI=1S/C68H69N5.Pt/c1-42(2)48-35-49(66-70-58(64(46-22-15-13-16-23-46)47-24-17-14-18-25-47)41-71(66)65-52(43(3)4)26-21-27-53(65)44(5)6)37-51(36-48)72-60-29-20-19-28-56(60)68(11,12)57-39-55-54-34-45(7)30-31-59(54)73(61(55)40-62(57)72)63-38-50(32-33-69-63)67(8,9)10;/h13-36,38-39,42-44,58,64H,41H2,1-12H3;/q-2;+2/t58-;/m0./s1. The van der Waals surface area contributed by atoms with Gasteiger partial charge in [0.05, 0.1) is 11.9 Å². The van der Waals surface area contributed by atoms with Gasteiger partial charge in [0.25, 0.3) is 0 Å². The molecule has 0 spiro atoms. The van der Waals surface area contributed by atoms with Crippen LogP contribution in [-0.4, -0.2) is 28.0 Å². The maximum absolute atomic E-state index is 5.98. The van der Waals surface area contributed by atoms with Crippen molar-refractivity contribution in [1.82, 2.24) is 9.55 Å². The molecule has 2 aromatic heterocycles. The molecule has 6 heteroatoms. The summed E-state index contributed by atoms with van der Waals surface area (Å²) in [7, 11) is 0. The summed E-state index contributed by atoms with van der Waals surface area (Å²) in [5, 5.41) is 2.38. The van der Waals surface area contributed by atoms with Crippen LogP contribution in [0.25, 0.3) is 27.6 Å². The summed E-state index contributed by atoms with van der Waals surface area (Å²) in [4.78, 5) is 16.1. The Balaban J connectivity index is 0.00000626. The molecule has 11 rings (SSSR count). The molecule has 376 valence electrons. The Kier molecular flexibility index (Phi) is 13.5. The van der Waals surface area contributed by atoms with Crippen LogP contribution in [0.2, 0.25) is 0 Å². The molecule has 7 aromatic carbocycles. The summed E-state index contributed by atoms with van der Waals surface area (Å²) >= 11 is 0. The topological polar surface area (TPSA) is 36.7 Å². The molecule has 2 aliphatic heterocycles. The molecule has 4 heterocycles. The Hall–Kier alpha value is -6.55. The van der Waals surface area contributed by atoms with Crippen LogP contribution in [0.5, 0.6) is 0 Å².